The zero-order chi connectivity index (χ0) is 40.0. The van der Waals surface area contributed by atoms with Gasteiger partial charge in [0.05, 0.1) is 6.61 Å². The molecule has 6 N–H and O–H groups in total. The van der Waals surface area contributed by atoms with Crippen LogP contribution >= 0.6 is 7.82 Å². The van der Waals surface area contributed by atoms with Crippen LogP contribution in [-0.4, -0.2) is 98.3 Å². The topological polar surface area (TPSA) is 210 Å². The standard InChI is InChI=1S/C40H71O13P/c1-3-5-7-9-11-13-15-16-17-18-19-21-22-24-26-28-33(41)50-30-32(52-34(42)29-27-25-23-20-14-12-10-8-6-4-2)31-51-54(48,49)53-40-38(46)36(44)35(43)37(45)39(40)47/h5,7,11,13,16-17,32,35-40,43-47H,3-4,6,8-10,12,14-15,18-31H2,1-2H3,(H,48,49)/b7-5+,13-11+,17-16+/t32-,35?,36-,37?,38?,39?,40?/m1/s1. The van der Waals surface area contributed by atoms with Crippen molar-refractivity contribution in [2.24, 2.45) is 0 Å². The Labute approximate surface area is 323 Å². The van der Waals surface area contributed by atoms with Crippen LogP contribution < -0.4 is 0 Å². The van der Waals surface area contributed by atoms with E-state index < -0.39 is 75.7 Å². The first kappa shape index (κ1) is 50.1. The van der Waals surface area contributed by atoms with Crippen LogP contribution in [0.1, 0.15) is 149 Å². The Kier molecular flexibility index (Phi) is 28.9. The van der Waals surface area contributed by atoms with Gasteiger partial charge in [0.15, 0.2) is 6.10 Å². The summed E-state index contributed by atoms with van der Waals surface area (Å²) in [5, 5.41) is 49.9. The predicted molar refractivity (Wildman–Crippen MR) is 207 cm³/mol. The summed E-state index contributed by atoms with van der Waals surface area (Å²) in [4.78, 5) is 35.5. The van der Waals surface area contributed by atoms with Crippen molar-refractivity contribution in [1.82, 2.24) is 0 Å². The molecular weight excluding hydrogens is 719 g/mol. The van der Waals surface area contributed by atoms with Gasteiger partial charge < -0.3 is 39.9 Å². The van der Waals surface area contributed by atoms with Gasteiger partial charge in [0.25, 0.3) is 0 Å². The molecule has 0 radical (unpaired) electrons. The number of hydrogen-bond donors (Lipinski definition) is 6. The molecule has 1 aliphatic rings. The summed E-state index contributed by atoms with van der Waals surface area (Å²) in [5.74, 6) is -1.12. The number of esters is 2. The predicted octanol–water partition coefficient (Wildman–Crippen LogP) is 6.66. The number of ether oxygens (including phenoxy) is 2. The van der Waals surface area contributed by atoms with E-state index >= 15 is 0 Å². The maximum absolute atomic E-state index is 12.7. The van der Waals surface area contributed by atoms with Crippen LogP contribution in [0.4, 0.5) is 0 Å². The molecule has 0 amide bonds. The summed E-state index contributed by atoms with van der Waals surface area (Å²) in [5.41, 5.74) is 0. The van der Waals surface area contributed by atoms with Gasteiger partial charge in [-0.05, 0) is 44.9 Å². The van der Waals surface area contributed by atoms with Gasteiger partial charge in [-0.3, -0.25) is 18.6 Å². The number of hydrogen-bond acceptors (Lipinski definition) is 12. The molecule has 0 heterocycles. The van der Waals surface area contributed by atoms with Gasteiger partial charge in [-0.2, -0.15) is 0 Å². The lowest BCUT2D eigenvalue weighted by molar-refractivity contribution is -0.220. The molecule has 0 spiro atoms. The fourth-order valence-corrected chi connectivity index (χ4v) is 6.92. The average Bonchev–Trinajstić information content (AvgIpc) is 3.15. The Bertz CT molecular complexity index is 1100. The first-order valence-electron chi connectivity index (χ1n) is 20.3. The van der Waals surface area contributed by atoms with Crippen LogP contribution in [0, 0.1) is 0 Å². The maximum atomic E-state index is 12.7. The van der Waals surface area contributed by atoms with E-state index in [-0.39, 0.29) is 12.8 Å². The van der Waals surface area contributed by atoms with Gasteiger partial charge in [0.1, 0.15) is 43.2 Å². The molecule has 6 unspecified atom stereocenters. The number of allylic oxidation sites excluding steroid dienone is 6. The van der Waals surface area contributed by atoms with Gasteiger partial charge in [0, 0.05) is 12.8 Å². The lowest BCUT2D eigenvalue weighted by Gasteiger charge is -2.41. The minimum atomic E-state index is -5.11. The van der Waals surface area contributed by atoms with Crippen LogP contribution in [0.5, 0.6) is 0 Å². The van der Waals surface area contributed by atoms with Crippen molar-refractivity contribution in [2.75, 3.05) is 13.2 Å². The Balaban J connectivity index is 2.52. The van der Waals surface area contributed by atoms with Crippen molar-refractivity contribution in [3.05, 3.63) is 36.5 Å². The van der Waals surface area contributed by atoms with Crippen molar-refractivity contribution in [2.45, 2.75) is 191 Å². The summed E-state index contributed by atoms with van der Waals surface area (Å²) in [6, 6.07) is 0. The van der Waals surface area contributed by atoms with Gasteiger partial charge in [-0.15, -0.1) is 0 Å². The Morgan fingerprint density at radius 1 is 0.593 bits per heavy atom. The number of phosphoric ester groups is 1. The second-order valence-corrected chi connectivity index (χ2v) is 15.5. The highest BCUT2D eigenvalue weighted by Gasteiger charge is 2.51. The summed E-state index contributed by atoms with van der Waals surface area (Å²) < 4.78 is 33.3. The molecule has 1 aliphatic carbocycles. The van der Waals surface area contributed by atoms with Crippen LogP contribution in [0.15, 0.2) is 36.5 Å². The van der Waals surface area contributed by atoms with E-state index in [0.717, 1.165) is 77.0 Å². The van der Waals surface area contributed by atoms with Crippen molar-refractivity contribution in [1.29, 1.82) is 0 Å². The van der Waals surface area contributed by atoms with E-state index in [9.17, 15) is 44.6 Å². The number of aliphatic hydroxyl groups is 5. The van der Waals surface area contributed by atoms with Gasteiger partial charge in [0.2, 0.25) is 0 Å². The third kappa shape index (κ3) is 23.9. The van der Waals surface area contributed by atoms with Crippen molar-refractivity contribution in [3.63, 3.8) is 0 Å². The van der Waals surface area contributed by atoms with Crippen LogP contribution in [0.25, 0.3) is 0 Å². The van der Waals surface area contributed by atoms with Crippen LogP contribution in [0.3, 0.4) is 0 Å². The highest BCUT2D eigenvalue weighted by Crippen LogP contribution is 2.47. The first-order valence-corrected chi connectivity index (χ1v) is 21.8. The molecule has 1 fully saturated rings. The molecule has 54 heavy (non-hydrogen) atoms. The molecule has 1 rings (SSSR count). The molecule has 14 heteroatoms. The number of unbranched alkanes of at least 4 members (excludes halogenated alkanes) is 14. The molecule has 314 valence electrons. The monoisotopic (exact) mass is 790 g/mol. The highest BCUT2D eigenvalue weighted by molar-refractivity contribution is 7.47. The van der Waals surface area contributed by atoms with Gasteiger partial charge in [-0.25, -0.2) is 4.57 Å². The lowest BCUT2D eigenvalue weighted by atomic mass is 9.85. The molecule has 0 aromatic rings. The highest BCUT2D eigenvalue weighted by atomic mass is 31.2. The zero-order valence-electron chi connectivity index (χ0n) is 32.8. The third-order valence-corrected chi connectivity index (χ3v) is 10.2. The number of phosphoric acid groups is 1. The SMILES string of the molecule is CC/C=C/C/C=C/C/C=C/CCCCCCCC(=O)OC[C@H](COP(=O)(O)OC1C(O)C(O)C(O)[C@@H](O)C1O)OC(=O)CCCCCCCCCCCC. The van der Waals surface area contributed by atoms with Crippen molar-refractivity contribution >= 4 is 19.8 Å². The fourth-order valence-electron chi connectivity index (χ4n) is 5.95. The molecule has 1 saturated carbocycles. The molecular formula is C40H71O13P. The first-order chi connectivity index (χ1) is 25.9. The maximum Gasteiger partial charge on any atom is 0.472 e. The molecule has 0 saturated heterocycles. The normalized spacial score (nSPS) is 23.6. The summed E-state index contributed by atoms with van der Waals surface area (Å²) in [7, 11) is -5.11. The van der Waals surface area contributed by atoms with Gasteiger partial charge in [-0.1, -0.05) is 127 Å². The minimum Gasteiger partial charge on any atom is -0.462 e. The van der Waals surface area contributed by atoms with Crippen LogP contribution in [-0.2, 0) is 32.7 Å². The Morgan fingerprint density at radius 3 is 1.61 bits per heavy atom. The molecule has 0 aromatic heterocycles. The largest absolute Gasteiger partial charge is 0.472 e. The molecule has 13 nitrogen and oxygen atoms in total. The summed E-state index contributed by atoms with van der Waals surface area (Å²) >= 11 is 0. The molecule has 8 atom stereocenters. The second-order valence-electron chi connectivity index (χ2n) is 14.1. The van der Waals surface area contributed by atoms with Gasteiger partial charge >= 0.3 is 19.8 Å². The number of aliphatic hydroxyl groups excluding tert-OH is 5. The van der Waals surface area contributed by atoms with E-state index in [1.165, 1.54) is 32.1 Å². The van der Waals surface area contributed by atoms with Crippen molar-refractivity contribution < 1.29 is 63.1 Å². The Morgan fingerprint density at radius 2 is 1.06 bits per heavy atom. The van der Waals surface area contributed by atoms with E-state index in [2.05, 4.69) is 50.3 Å². The molecule has 0 aromatic carbocycles. The smallest absolute Gasteiger partial charge is 0.462 e. The van der Waals surface area contributed by atoms with E-state index in [1.54, 1.807) is 0 Å². The number of rotatable bonds is 32. The van der Waals surface area contributed by atoms with Crippen molar-refractivity contribution in [3.8, 4) is 0 Å². The Hall–Kier alpha value is -1.93. The summed E-state index contributed by atoms with van der Waals surface area (Å²) in [6.07, 6.45) is 19.4. The molecule has 0 aliphatic heterocycles. The minimum absolute atomic E-state index is 0.0938. The fraction of sp³-hybridized carbons (Fsp3) is 0.800. The number of carbonyl (C=O) groups is 2. The molecule has 0 bridgehead atoms. The quantitative estimate of drug-likeness (QED) is 0.0183. The lowest BCUT2D eigenvalue weighted by Crippen LogP contribution is -2.64. The number of carbonyl (C=O) groups excluding carboxylic acids is 2. The summed E-state index contributed by atoms with van der Waals surface area (Å²) in [6.45, 7) is 3.12. The van der Waals surface area contributed by atoms with E-state index in [0.29, 0.717) is 12.8 Å². The van der Waals surface area contributed by atoms with E-state index in [4.69, 9.17) is 18.5 Å². The average molecular weight is 791 g/mol. The third-order valence-electron chi connectivity index (χ3n) is 9.25. The zero-order valence-corrected chi connectivity index (χ0v) is 33.7. The second kappa shape index (κ2) is 31.2. The van der Waals surface area contributed by atoms with Crippen LogP contribution in [0.2, 0.25) is 0 Å². The van der Waals surface area contributed by atoms with E-state index in [1.807, 2.05) is 0 Å².